The fourth-order valence-corrected chi connectivity index (χ4v) is 3.68. The van der Waals surface area contributed by atoms with Crippen molar-refractivity contribution in [3.05, 3.63) is 53.6 Å². The van der Waals surface area contributed by atoms with Crippen LogP contribution in [0.4, 0.5) is 5.69 Å². The van der Waals surface area contributed by atoms with E-state index in [-0.39, 0.29) is 5.78 Å². The van der Waals surface area contributed by atoms with Crippen molar-refractivity contribution in [2.24, 2.45) is 4.99 Å². The predicted octanol–water partition coefficient (Wildman–Crippen LogP) is 4.51. The zero-order chi connectivity index (χ0) is 20.6. The number of carbonyl (C=O) groups excluding carboxylic acids is 1. The van der Waals surface area contributed by atoms with E-state index in [0.29, 0.717) is 22.8 Å². The molecule has 1 aliphatic heterocycles. The van der Waals surface area contributed by atoms with Crippen LogP contribution in [0.3, 0.4) is 0 Å². The summed E-state index contributed by atoms with van der Waals surface area (Å²) < 4.78 is 16.0. The maximum Gasteiger partial charge on any atom is 0.203 e. The standard InChI is InChI=1S/C22H24N2O4S/c1-26-19-13-15(14-20(27-2)21(19)28-3)5-10-18(25)16-6-8-17(9-7-16)24-22-23-11-4-12-29-22/h5-10,13-14H,4,11-12H2,1-3H3,(H,23,24)/b10-5+. The highest BCUT2D eigenvalue weighted by atomic mass is 32.2. The zero-order valence-corrected chi connectivity index (χ0v) is 17.5. The number of anilines is 1. The molecule has 1 heterocycles. The molecule has 6 nitrogen and oxygen atoms in total. The smallest absolute Gasteiger partial charge is 0.203 e. The number of hydrogen-bond acceptors (Lipinski definition) is 7. The maximum absolute atomic E-state index is 12.5. The molecular formula is C22H24N2O4S. The van der Waals surface area contributed by atoms with Crippen molar-refractivity contribution < 1.29 is 19.0 Å². The molecule has 0 saturated heterocycles. The first-order valence-corrected chi connectivity index (χ1v) is 10.2. The molecule has 2 aromatic rings. The lowest BCUT2D eigenvalue weighted by Crippen LogP contribution is -2.13. The Bertz CT molecular complexity index is 898. The fourth-order valence-electron chi connectivity index (χ4n) is 2.84. The van der Waals surface area contributed by atoms with E-state index in [2.05, 4.69) is 10.3 Å². The summed E-state index contributed by atoms with van der Waals surface area (Å²) in [5, 5.41) is 4.21. The number of aliphatic imine (C=N–C) groups is 1. The van der Waals surface area contributed by atoms with Crippen molar-refractivity contribution in [3.8, 4) is 17.2 Å². The molecule has 7 heteroatoms. The van der Waals surface area contributed by atoms with Crippen LogP contribution in [0.1, 0.15) is 22.3 Å². The molecule has 0 bridgehead atoms. The van der Waals surface area contributed by atoms with Gasteiger partial charge in [-0.1, -0.05) is 17.8 Å². The predicted molar refractivity (Wildman–Crippen MR) is 119 cm³/mol. The number of carbonyl (C=O) groups is 1. The molecule has 0 aromatic heterocycles. The van der Waals surface area contributed by atoms with Gasteiger partial charge in [0.25, 0.3) is 0 Å². The SMILES string of the molecule is COc1cc(/C=C/C(=O)c2ccc(NC3=NCCCS3)cc2)cc(OC)c1OC. The third kappa shape index (κ3) is 5.32. The number of nitrogens with zero attached hydrogens (tertiary/aromatic N) is 1. The average Bonchev–Trinajstić information content (AvgIpc) is 2.77. The van der Waals surface area contributed by atoms with Gasteiger partial charge in [-0.05, 0) is 54.5 Å². The van der Waals surface area contributed by atoms with Crippen LogP contribution in [-0.4, -0.2) is 44.6 Å². The summed E-state index contributed by atoms with van der Waals surface area (Å²) in [7, 11) is 4.67. The van der Waals surface area contributed by atoms with E-state index < -0.39 is 0 Å². The number of thioether (sulfide) groups is 1. The van der Waals surface area contributed by atoms with Gasteiger partial charge in [0.1, 0.15) is 0 Å². The quantitative estimate of drug-likeness (QED) is 0.533. The molecule has 0 radical (unpaired) electrons. The Kier molecular flexibility index (Phi) is 7.19. The van der Waals surface area contributed by atoms with Crippen molar-refractivity contribution in [3.63, 3.8) is 0 Å². The number of methoxy groups -OCH3 is 3. The van der Waals surface area contributed by atoms with Crippen molar-refractivity contribution in [2.45, 2.75) is 6.42 Å². The molecule has 0 amide bonds. The van der Waals surface area contributed by atoms with Gasteiger partial charge in [-0.15, -0.1) is 0 Å². The minimum atomic E-state index is -0.0883. The molecule has 0 spiro atoms. The summed E-state index contributed by atoms with van der Waals surface area (Å²) in [6.45, 7) is 0.859. The molecule has 1 N–H and O–H groups in total. The highest BCUT2D eigenvalue weighted by Crippen LogP contribution is 2.38. The first kappa shape index (κ1) is 20.8. The van der Waals surface area contributed by atoms with Crippen LogP contribution in [0.15, 0.2) is 47.5 Å². The lowest BCUT2D eigenvalue weighted by molar-refractivity contribution is 0.104. The molecule has 2 aromatic carbocycles. The number of hydrogen-bond donors (Lipinski definition) is 1. The minimum Gasteiger partial charge on any atom is -0.493 e. The van der Waals surface area contributed by atoms with Crippen molar-refractivity contribution in [1.29, 1.82) is 0 Å². The Labute approximate surface area is 175 Å². The Morgan fingerprint density at radius 1 is 1.07 bits per heavy atom. The summed E-state index contributed by atoms with van der Waals surface area (Å²) in [5.41, 5.74) is 2.30. The van der Waals surface area contributed by atoms with Gasteiger partial charge in [-0.2, -0.15) is 0 Å². The molecular weight excluding hydrogens is 388 g/mol. The average molecular weight is 413 g/mol. The number of ether oxygens (including phenoxy) is 3. The van der Waals surface area contributed by atoms with Crippen LogP contribution in [0.5, 0.6) is 17.2 Å². The van der Waals surface area contributed by atoms with Crippen LogP contribution in [0.25, 0.3) is 6.08 Å². The van der Waals surface area contributed by atoms with Crippen LogP contribution in [-0.2, 0) is 0 Å². The second kappa shape index (κ2) is 10.0. The molecule has 1 aliphatic rings. The highest BCUT2D eigenvalue weighted by Gasteiger charge is 2.12. The first-order chi connectivity index (χ1) is 14.1. The lowest BCUT2D eigenvalue weighted by Gasteiger charge is -2.13. The molecule has 0 atom stereocenters. The number of ketones is 1. The number of nitrogens with one attached hydrogen (secondary N) is 1. The molecule has 0 aliphatic carbocycles. The third-order valence-electron chi connectivity index (χ3n) is 4.33. The van der Waals surface area contributed by atoms with Crippen molar-refractivity contribution in [2.75, 3.05) is 38.9 Å². The van der Waals surface area contributed by atoms with Crippen LogP contribution >= 0.6 is 11.8 Å². The van der Waals surface area contributed by atoms with Gasteiger partial charge < -0.3 is 19.5 Å². The van der Waals surface area contributed by atoms with E-state index in [0.717, 1.165) is 35.1 Å². The molecule has 0 saturated carbocycles. The number of allylic oxidation sites excluding steroid dienone is 1. The van der Waals surface area contributed by atoms with Gasteiger partial charge in [0.15, 0.2) is 22.4 Å². The summed E-state index contributed by atoms with van der Waals surface area (Å²) in [6.07, 6.45) is 4.37. The second-order valence-electron chi connectivity index (χ2n) is 6.25. The van der Waals surface area contributed by atoms with E-state index in [1.54, 1.807) is 63.4 Å². The topological polar surface area (TPSA) is 69.2 Å². The monoisotopic (exact) mass is 412 g/mol. The van der Waals surface area contributed by atoms with E-state index in [1.165, 1.54) is 6.08 Å². The van der Waals surface area contributed by atoms with E-state index in [9.17, 15) is 4.79 Å². The van der Waals surface area contributed by atoms with Gasteiger partial charge >= 0.3 is 0 Å². The van der Waals surface area contributed by atoms with Crippen molar-refractivity contribution >= 4 is 34.5 Å². The molecule has 3 rings (SSSR count). The fraction of sp³-hybridized carbons (Fsp3) is 0.273. The zero-order valence-electron chi connectivity index (χ0n) is 16.7. The van der Waals surface area contributed by atoms with Crippen LogP contribution < -0.4 is 19.5 Å². The van der Waals surface area contributed by atoms with Gasteiger partial charge in [0.2, 0.25) is 5.75 Å². The largest absolute Gasteiger partial charge is 0.493 e. The van der Waals surface area contributed by atoms with Gasteiger partial charge in [-0.3, -0.25) is 9.79 Å². The Morgan fingerprint density at radius 3 is 2.31 bits per heavy atom. The Hall–Kier alpha value is -2.93. The van der Waals surface area contributed by atoms with E-state index in [1.807, 2.05) is 12.1 Å². The first-order valence-electron chi connectivity index (χ1n) is 9.21. The summed E-state index contributed by atoms with van der Waals surface area (Å²) in [4.78, 5) is 17.0. The molecule has 152 valence electrons. The van der Waals surface area contributed by atoms with Crippen LogP contribution in [0, 0.1) is 0 Å². The van der Waals surface area contributed by atoms with E-state index in [4.69, 9.17) is 14.2 Å². The molecule has 0 unspecified atom stereocenters. The van der Waals surface area contributed by atoms with E-state index >= 15 is 0 Å². The molecule has 29 heavy (non-hydrogen) atoms. The highest BCUT2D eigenvalue weighted by molar-refractivity contribution is 8.14. The summed E-state index contributed by atoms with van der Waals surface area (Å²) in [6, 6.07) is 11.0. The minimum absolute atomic E-state index is 0.0883. The Balaban J connectivity index is 1.71. The number of amidine groups is 1. The maximum atomic E-state index is 12.5. The number of benzene rings is 2. The van der Waals surface area contributed by atoms with Crippen LogP contribution in [0.2, 0.25) is 0 Å². The second-order valence-corrected chi connectivity index (χ2v) is 7.33. The van der Waals surface area contributed by atoms with Gasteiger partial charge in [0.05, 0.1) is 21.3 Å². The summed E-state index contributed by atoms with van der Waals surface area (Å²) >= 11 is 1.71. The van der Waals surface area contributed by atoms with Gasteiger partial charge in [-0.25, -0.2) is 0 Å². The number of rotatable bonds is 7. The Morgan fingerprint density at radius 2 is 1.76 bits per heavy atom. The van der Waals surface area contributed by atoms with Gasteiger partial charge in [0, 0.05) is 23.5 Å². The van der Waals surface area contributed by atoms with Crippen molar-refractivity contribution in [1.82, 2.24) is 0 Å². The molecule has 0 fully saturated rings. The summed E-state index contributed by atoms with van der Waals surface area (Å²) in [5.74, 6) is 2.58. The third-order valence-corrected chi connectivity index (χ3v) is 5.33. The normalized spacial score (nSPS) is 13.7. The lowest BCUT2D eigenvalue weighted by atomic mass is 10.1.